The van der Waals surface area contributed by atoms with Crippen molar-refractivity contribution in [1.82, 2.24) is 0 Å². The summed E-state index contributed by atoms with van der Waals surface area (Å²) in [5.74, 6) is -0.411. The van der Waals surface area contributed by atoms with E-state index < -0.39 is 5.97 Å². The summed E-state index contributed by atoms with van der Waals surface area (Å²) in [6.45, 7) is 10.9. The lowest BCUT2D eigenvalue weighted by Gasteiger charge is -2.11. The molecule has 0 saturated carbocycles. The van der Waals surface area contributed by atoms with Gasteiger partial charge in [-0.15, -0.1) is 0 Å². The first kappa shape index (κ1) is 15.9. The van der Waals surface area contributed by atoms with Crippen LogP contribution in [0, 0.1) is 11.3 Å². The minimum absolute atomic E-state index is 0.257. The molecule has 0 fully saturated rings. The number of allylic oxidation sites excluding steroid dienone is 1. The fourth-order valence-electron chi connectivity index (χ4n) is 0.648. The van der Waals surface area contributed by atoms with Crippen LogP contribution < -0.4 is 0 Å². The number of carbonyl (C=O) groups excluding carboxylic acids is 1. The van der Waals surface area contributed by atoms with Crippen LogP contribution in [0.3, 0.4) is 0 Å². The number of esters is 1. The smallest absolute Gasteiger partial charge is 0.335 e. The molecule has 0 aliphatic rings. The zero-order valence-corrected chi connectivity index (χ0v) is 9.45. The summed E-state index contributed by atoms with van der Waals surface area (Å²) in [6, 6.07) is 1.69. The monoisotopic (exact) mass is 211 g/mol. The predicted molar refractivity (Wildman–Crippen MR) is 58.1 cm³/mol. The first-order valence-electron chi connectivity index (χ1n) is 4.44. The van der Waals surface area contributed by atoms with Gasteiger partial charge in [-0.3, -0.25) is 0 Å². The molecule has 0 N–H and O–H groups in total. The summed E-state index contributed by atoms with van der Waals surface area (Å²) in [7, 11) is 1.33. The molecule has 0 aliphatic heterocycles. The minimum atomic E-state index is -0.411. The van der Waals surface area contributed by atoms with E-state index in [9.17, 15) is 4.79 Å². The fourth-order valence-corrected chi connectivity index (χ4v) is 0.648. The van der Waals surface area contributed by atoms with Gasteiger partial charge in [-0.25, -0.2) is 4.79 Å². The van der Waals surface area contributed by atoms with Crippen LogP contribution in [-0.2, 0) is 14.3 Å². The molecule has 0 amide bonds. The Morgan fingerprint density at radius 1 is 1.67 bits per heavy atom. The van der Waals surface area contributed by atoms with Crippen molar-refractivity contribution in [3.63, 3.8) is 0 Å². The number of carbonyl (C=O) groups is 1. The number of nitriles is 1. The van der Waals surface area contributed by atoms with Gasteiger partial charge in [0, 0.05) is 12.7 Å². The molecule has 0 aromatic heterocycles. The quantitative estimate of drug-likeness (QED) is 0.404. The van der Waals surface area contributed by atoms with Crippen LogP contribution in [0.5, 0.6) is 0 Å². The Morgan fingerprint density at radius 3 is 2.40 bits per heavy atom. The molecule has 1 atom stereocenters. The van der Waals surface area contributed by atoms with Crippen molar-refractivity contribution in [2.45, 2.75) is 20.0 Å². The third kappa shape index (κ3) is 8.72. The Labute approximate surface area is 90.8 Å². The van der Waals surface area contributed by atoms with Crippen LogP contribution in [0.25, 0.3) is 0 Å². The van der Waals surface area contributed by atoms with Crippen LogP contribution in [-0.4, -0.2) is 25.8 Å². The summed E-state index contributed by atoms with van der Waals surface area (Å²) >= 11 is 0. The molecule has 0 saturated heterocycles. The first-order chi connectivity index (χ1) is 7.04. The van der Waals surface area contributed by atoms with E-state index in [2.05, 4.69) is 17.9 Å². The van der Waals surface area contributed by atoms with Gasteiger partial charge in [-0.05, 0) is 13.8 Å². The second-order valence-corrected chi connectivity index (χ2v) is 2.45. The number of nitrogens with zero attached hydrogens (tertiary/aromatic N) is 1. The molecule has 0 aromatic rings. The van der Waals surface area contributed by atoms with Crippen molar-refractivity contribution in [3.05, 3.63) is 24.8 Å². The van der Waals surface area contributed by atoms with Crippen molar-refractivity contribution in [2.75, 3.05) is 13.7 Å². The Bertz CT molecular complexity index is 253. The summed E-state index contributed by atoms with van der Waals surface area (Å²) in [4.78, 5) is 10.8. The predicted octanol–water partition coefficient (Wildman–Crippen LogP) is 1.84. The van der Waals surface area contributed by atoms with Crippen LogP contribution >= 0.6 is 0 Å². The average molecular weight is 211 g/mol. The van der Waals surface area contributed by atoms with Crippen LogP contribution in [0.4, 0.5) is 0 Å². The molecule has 0 aromatic carbocycles. The van der Waals surface area contributed by atoms with Gasteiger partial charge in [0.15, 0.2) is 0 Å². The van der Waals surface area contributed by atoms with E-state index in [0.29, 0.717) is 12.2 Å². The van der Waals surface area contributed by atoms with Gasteiger partial charge in [-0.2, -0.15) is 5.26 Å². The molecule has 15 heavy (non-hydrogen) atoms. The Morgan fingerprint density at radius 2 is 2.13 bits per heavy atom. The Balaban J connectivity index is 0. The van der Waals surface area contributed by atoms with Gasteiger partial charge < -0.3 is 9.47 Å². The van der Waals surface area contributed by atoms with E-state index >= 15 is 0 Å². The highest BCUT2D eigenvalue weighted by molar-refractivity contribution is 5.88. The fraction of sp³-hybridized carbons (Fsp3) is 0.455. The number of rotatable bonds is 4. The first-order valence-corrected chi connectivity index (χ1v) is 4.44. The lowest BCUT2D eigenvalue weighted by Crippen LogP contribution is -2.18. The topological polar surface area (TPSA) is 59.3 Å². The molecule has 0 radical (unpaired) electrons. The lowest BCUT2D eigenvalue weighted by atomic mass is 10.2. The molecule has 0 spiro atoms. The van der Waals surface area contributed by atoms with E-state index in [1.165, 1.54) is 13.2 Å². The minimum Gasteiger partial charge on any atom is -0.466 e. The van der Waals surface area contributed by atoms with Crippen LogP contribution in [0.2, 0.25) is 0 Å². The number of methoxy groups -OCH3 is 1. The summed E-state index contributed by atoms with van der Waals surface area (Å²) in [5.41, 5.74) is 0.356. The van der Waals surface area contributed by atoms with Crippen molar-refractivity contribution >= 4 is 5.97 Å². The molecule has 1 unspecified atom stereocenters. The lowest BCUT2D eigenvalue weighted by molar-refractivity contribution is -0.137. The van der Waals surface area contributed by atoms with Crippen molar-refractivity contribution < 1.29 is 14.3 Å². The molecular weight excluding hydrogens is 194 g/mol. The Kier molecular flexibility index (Phi) is 11.1. The highest BCUT2D eigenvalue weighted by Crippen LogP contribution is 2.04. The maximum Gasteiger partial charge on any atom is 0.335 e. The zero-order chi connectivity index (χ0) is 12.3. The molecule has 0 heterocycles. The third-order valence-electron chi connectivity index (χ3n) is 1.45. The summed E-state index contributed by atoms with van der Waals surface area (Å²) < 4.78 is 9.59. The normalized spacial score (nSPS) is 10.0. The highest BCUT2D eigenvalue weighted by atomic mass is 16.5. The summed E-state index contributed by atoms with van der Waals surface area (Å²) in [5, 5.41) is 7.51. The van der Waals surface area contributed by atoms with E-state index in [1.54, 1.807) is 13.0 Å². The van der Waals surface area contributed by atoms with Gasteiger partial charge in [0.25, 0.3) is 0 Å². The standard InChI is InChI=1S/C8H14O3.C3H3N/c1-5-11-7(3)6(2)8(9)10-4;1-2-3-4/h7H,2,5H2,1,3-4H3;2H,1H2. The SMILES string of the molecule is C=C(C(=O)OC)C(C)OCC.C=CC#N. The van der Waals surface area contributed by atoms with Gasteiger partial charge >= 0.3 is 5.97 Å². The van der Waals surface area contributed by atoms with E-state index in [4.69, 9.17) is 10.00 Å². The number of hydrogen-bond donors (Lipinski definition) is 0. The Hall–Kier alpha value is -1.60. The van der Waals surface area contributed by atoms with Crippen LogP contribution in [0.1, 0.15) is 13.8 Å². The molecule has 0 rings (SSSR count). The molecule has 0 bridgehead atoms. The number of hydrogen-bond acceptors (Lipinski definition) is 4. The number of ether oxygens (including phenoxy) is 2. The third-order valence-corrected chi connectivity index (χ3v) is 1.45. The average Bonchev–Trinajstić information content (AvgIpc) is 2.27. The second-order valence-electron chi connectivity index (χ2n) is 2.45. The van der Waals surface area contributed by atoms with E-state index in [1.807, 2.05) is 6.92 Å². The van der Waals surface area contributed by atoms with Crippen molar-refractivity contribution in [1.29, 1.82) is 5.26 Å². The second kappa shape index (κ2) is 10.5. The van der Waals surface area contributed by atoms with Gasteiger partial charge in [0.2, 0.25) is 0 Å². The van der Waals surface area contributed by atoms with Crippen LogP contribution in [0.15, 0.2) is 24.8 Å². The summed E-state index contributed by atoms with van der Waals surface area (Å²) in [6.07, 6.45) is 0.924. The molecule has 4 nitrogen and oxygen atoms in total. The zero-order valence-electron chi connectivity index (χ0n) is 9.45. The van der Waals surface area contributed by atoms with Crippen molar-refractivity contribution in [2.24, 2.45) is 0 Å². The van der Waals surface area contributed by atoms with Gasteiger partial charge in [-0.1, -0.05) is 13.2 Å². The maximum absolute atomic E-state index is 10.8. The van der Waals surface area contributed by atoms with Gasteiger partial charge in [0.1, 0.15) is 0 Å². The molecular formula is C11H17NO3. The van der Waals surface area contributed by atoms with Crippen molar-refractivity contribution in [3.8, 4) is 6.07 Å². The highest BCUT2D eigenvalue weighted by Gasteiger charge is 2.14. The molecule has 4 heteroatoms. The molecule has 0 aliphatic carbocycles. The van der Waals surface area contributed by atoms with Gasteiger partial charge in [0.05, 0.1) is 24.9 Å². The maximum atomic E-state index is 10.8. The largest absolute Gasteiger partial charge is 0.466 e. The van der Waals surface area contributed by atoms with E-state index in [0.717, 1.165) is 0 Å². The van der Waals surface area contributed by atoms with E-state index in [-0.39, 0.29) is 6.10 Å². The molecule has 84 valence electrons.